The third kappa shape index (κ3) is 5.03. The number of halogens is 2. The minimum absolute atomic E-state index is 0.160. The summed E-state index contributed by atoms with van der Waals surface area (Å²) >= 11 is 5.08. The van der Waals surface area contributed by atoms with E-state index in [4.69, 9.17) is 33.2 Å². The number of hydrogen-bond donors (Lipinski definition) is 3. The molecule has 0 aliphatic heterocycles. The van der Waals surface area contributed by atoms with Gasteiger partial charge in [0.05, 0.1) is 26.5 Å². The molecule has 1 aromatic heterocycles. The van der Waals surface area contributed by atoms with Crippen molar-refractivity contribution in [2.75, 3.05) is 20.8 Å². The Bertz CT molecular complexity index is 967. The highest BCUT2D eigenvalue weighted by molar-refractivity contribution is 7.71. The van der Waals surface area contributed by atoms with Gasteiger partial charge in [0.25, 0.3) is 11.5 Å². The number of nitrogens with two attached hydrogens (primary N) is 2. The van der Waals surface area contributed by atoms with Crippen molar-refractivity contribution in [1.29, 1.82) is 0 Å². The van der Waals surface area contributed by atoms with E-state index in [9.17, 15) is 13.6 Å². The first kappa shape index (κ1) is 20.4. The number of H-pyrrole nitrogens is 1. The molecule has 1 aromatic carbocycles. The largest absolute Gasteiger partial charge is 0.497 e. The zero-order valence-electron chi connectivity index (χ0n) is 14.7. The number of nitrogens with one attached hydrogen (secondary N) is 1. The Morgan fingerprint density at radius 1 is 1.30 bits per heavy atom. The third-order valence-corrected chi connectivity index (χ3v) is 3.92. The van der Waals surface area contributed by atoms with Gasteiger partial charge in [-0.25, -0.2) is 13.8 Å². The first-order chi connectivity index (χ1) is 12.7. The summed E-state index contributed by atoms with van der Waals surface area (Å²) in [5, 5.41) is 0. The first-order valence-electron chi connectivity index (χ1n) is 7.66. The molecule has 27 heavy (non-hydrogen) atoms. The van der Waals surface area contributed by atoms with Crippen LogP contribution in [-0.4, -0.2) is 42.2 Å². The van der Waals surface area contributed by atoms with E-state index in [1.165, 1.54) is 14.2 Å². The molecule has 0 aliphatic carbocycles. The summed E-state index contributed by atoms with van der Waals surface area (Å²) in [6.45, 7) is -1.76. The smallest absolute Gasteiger partial charge is 0.284 e. The Kier molecular flexibility index (Phi) is 6.16. The van der Waals surface area contributed by atoms with E-state index in [0.717, 1.165) is 10.6 Å². The molecule has 0 amide bonds. The number of aromatic amines is 1. The second kappa shape index (κ2) is 8.16. The number of rotatable bonds is 7. The zero-order valence-corrected chi connectivity index (χ0v) is 15.5. The molecule has 0 spiro atoms. The number of hydrogen-bond acceptors (Lipinski definition) is 5. The number of guanidine groups is 1. The molecule has 2 aromatic rings. The van der Waals surface area contributed by atoms with Gasteiger partial charge in [-0.2, -0.15) is 0 Å². The molecule has 8 nitrogen and oxygen atoms in total. The predicted octanol–water partition coefficient (Wildman–Crippen LogP) is 1.50. The van der Waals surface area contributed by atoms with Crippen LogP contribution in [0.5, 0.6) is 11.5 Å². The summed E-state index contributed by atoms with van der Waals surface area (Å²) in [7, 11) is 2.89. The maximum Gasteiger partial charge on any atom is 0.284 e. The van der Waals surface area contributed by atoms with Crippen LogP contribution in [0.4, 0.5) is 8.78 Å². The van der Waals surface area contributed by atoms with Gasteiger partial charge in [0.2, 0.25) is 0 Å². The lowest BCUT2D eigenvalue weighted by atomic mass is 10.1. The van der Waals surface area contributed by atoms with Gasteiger partial charge in [-0.05, 0) is 24.4 Å². The second-order valence-electron chi connectivity index (χ2n) is 5.57. The Morgan fingerprint density at radius 2 is 2.00 bits per heavy atom. The molecule has 0 fully saturated rings. The summed E-state index contributed by atoms with van der Waals surface area (Å²) in [6, 6.07) is 5.94. The fourth-order valence-corrected chi connectivity index (χ4v) is 2.66. The van der Waals surface area contributed by atoms with Crippen molar-refractivity contribution < 1.29 is 18.3 Å². The fourth-order valence-electron chi connectivity index (χ4n) is 2.40. The van der Waals surface area contributed by atoms with Crippen molar-refractivity contribution >= 4 is 18.2 Å². The van der Waals surface area contributed by atoms with E-state index in [2.05, 4.69) is 9.98 Å². The lowest BCUT2D eigenvalue weighted by molar-refractivity contribution is -0.00646. The number of alkyl halides is 2. The van der Waals surface area contributed by atoms with Gasteiger partial charge in [-0.1, -0.05) is 0 Å². The van der Waals surface area contributed by atoms with Crippen molar-refractivity contribution in [3.8, 4) is 22.8 Å². The second-order valence-corrected chi connectivity index (χ2v) is 5.96. The van der Waals surface area contributed by atoms with Gasteiger partial charge >= 0.3 is 0 Å². The molecule has 5 N–H and O–H groups in total. The first-order valence-corrected chi connectivity index (χ1v) is 8.07. The molecule has 0 aliphatic rings. The number of benzene rings is 1. The number of nitrogens with zero attached hydrogens (tertiary/aromatic N) is 2. The molecule has 0 radical (unpaired) electrons. The summed E-state index contributed by atoms with van der Waals surface area (Å²) < 4.78 is 40.0. The van der Waals surface area contributed by atoms with Crippen LogP contribution in [0.2, 0.25) is 0 Å². The van der Waals surface area contributed by atoms with E-state index in [1.54, 1.807) is 18.2 Å². The molecular formula is C16H19F2N5O3S. The van der Waals surface area contributed by atoms with Crippen molar-refractivity contribution in [2.24, 2.45) is 16.5 Å². The lowest BCUT2D eigenvalue weighted by Crippen LogP contribution is -2.32. The van der Waals surface area contributed by atoms with Crippen LogP contribution >= 0.6 is 12.2 Å². The van der Waals surface area contributed by atoms with Crippen molar-refractivity contribution in [3.05, 3.63) is 39.4 Å². The Hall–Kier alpha value is -2.95. The van der Waals surface area contributed by atoms with Crippen LogP contribution in [0.3, 0.4) is 0 Å². The van der Waals surface area contributed by atoms with Crippen molar-refractivity contribution in [1.82, 2.24) is 9.55 Å². The predicted molar refractivity (Wildman–Crippen MR) is 100 cm³/mol. The molecule has 0 saturated carbocycles. The van der Waals surface area contributed by atoms with Crippen LogP contribution in [-0.2, 0) is 6.54 Å². The van der Waals surface area contributed by atoms with Gasteiger partial charge in [-0.15, -0.1) is 0 Å². The van der Waals surface area contributed by atoms with E-state index < -0.39 is 30.5 Å². The topological polar surface area (TPSA) is 121 Å². The maximum absolute atomic E-state index is 14.3. The van der Waals surface area contributed by atoms with Crippen molar-refractivity contribution in [2.45, 2.75) is 12.5 Å². The zero-order chi connectivity index (χ0) is 20.2. The minimum Gasteiger partial charge on any atom is -0.497 e. The Balaban J connectivity index is 2.60. The molecule has 2 rings (SSSR count). The van der Waals surface area contributed by atoms with E-state index in [0.29, 0.717) is 17.1 Å². The van der Waals surface area contributed by atoms with Crippen LogP contribution in [0.15, 0.2) is 34.1 Å². The highest BCUT2D eigenvalue weighted by Crippen LogP contribution is 2.33. The van der Waals surface area contributed by atoms with Crippen LogP contribution < -0.4 is 26.5 Å². The molecule has 146 valence electrons. The average molecular weight is 399 g/mol. The minimum atomic E-state index is -3.31. The van der Waals surface area contributed by atoms with Crippen molar-refractivity contribution in [3.63, 3.8) is 0 Å². The highest BCUT2D eigenvalue weighted by atomic mass is 32.1. The van der Waals surface area contributed by atoms with Crippen LogP contribution in [0.1, 0.15) is 0 Å². The van der Waals surface area contributed by atoms with Gasteiger partial charge < -0.3 is 25.5 Å². The number of aliphatic imine (C=N–C) groups is 1. The SMILES string of the molecule is COc1ccc(-c2cc(=O)[nH]c(=S)n2CC(F)(F)CN=C(N)N)c(OC)c1. The summed E-state index contributed by atoms with van der Waals surface area (Å²) in [6.07, 6.45) is 0. The van der Waals surface area contributed by atoms with Gasteiger partial charge in [-0.3, -0.25) is 9.78 Å². The third-order valence-electron chi connectivity index (χ3n) is 3.60. The van der Waals surface area contributed by atoms with E-state index >= 15 is 0 Å². The maximum atomic E-state index is 14.3. The van der Waals surface area contributed by atoms with E-state index in [-0.39, 0.29) is 10.5 Å². The van der Waals surface area contributed by atoms with Crippen LogP contribution in [0, 0.1) is 4.77 Å². The average Bonchev–Trinajstić information content (AvgIpc) is 2.61. The van der Waals surface area contributed by atoms with Gasteiger partial charge in [0, 0.05) is 17.7 Å². The van der Waals surface area contributed by atoms with Crippen LogP contribution in [0.25, 0.3) is 11.3 Å². The Morgan fingerprint density at radius 3 is 2.59 bits per heavy atom. The highest BCUT2D eigenvalue weighted by Gasteiger charge is 2.31. The molecular weight excluding hydrogens is 380 g/mol. The van der Waals surface area contributed by atoms with Gasteiger partial charge in [0.1, 0.15) is 18.0 Å². The molecule has 1 heterocycles. The number of aromatic nitrogens is 2. The standard InChI is InChI=1S/C16H19F2N5O3S/c1-25-9-3-4-10(12(5-9)26-2)11-6-13(24)22-15(27)23(11)8-16(17,18)7-21-14(19)20/h3-6H,7-8H2,1-2H3,(H4,19,20,21)(H,22,24,27). The molecule has 0 atom stereocenters. The Labute approximate surface area is 158 Å². The number of ether oxygens (including phenoxy) is 2. The lowest BCUT2D eigenvalue weighted by Gasteiger charge is -2.20. The summed E-state index contributed by atoms with van der Waals surface area (Å²) in [5.41, 5.74) is 10.3. The summed E-state index contributed by atoms with van der Waals surface area (Å²) in [4.78, 5) is 17.6. The summed E-state index contributed by atoms with van der Waals surface area (Å²) in [5.74, 6) is -2.93. The molecule has 11 heteroatoms. The van der Waals surface area contributed by atoms with Gasteiger partial charge in [0.15, 0.2) is 10.7 Å². The molecule has 0 bridgehead atoms. The molecule has 0 unspecified atom stereocenters. The molecule has 0 saturated heterocycles. The van der Waals surface area contributed by atoms with E-state index in [1.807, 2.05) is 0 Å². The normalized spacial score (nSPS) is 11.1. The quantitative estimate of drug-likeness (QED) is 0.369. The number of methoxy groups -OCH3 is 2. The monoisotopic (exact) mass is 399 g/mol. The fraction of sp³-hybridized carbons (Fsp3) is 0.312.